The van der Waals surface area contributed by atoms with Gasteiger partial charge in [0.2, 0.25) is 0 Å². The third-order valence-electron chi connectivity index (χ3n) is 12.9. The van der Waals surface area contributed by atoms with E-state index in [4.69, 9.17) is 4.42 Å². The first kappa shape index (κ1) is 33.7. The maximum atomic E-state index is 6.75. The summed E-state index contributed by atoms with van der Waals surface area (Å²) in [5.74, 6) is 0. The maximum Gasteiger partial charge on any atom is 0.143 e. The Kier molecular flexibility index (Phi) is 7.31. The van der Waals surface area contributed by atoms with Crippen LogP contribution in [-0.4, -0.2) is 0 Å². The molecule has 0 unspecified atom stereocenters. The molecule has 2 nitrogen and oxygen atoms in total. The Labute approximate surface area is 343 Å². The summed E-state index contributed by atoms with van der Waals surface area (Å²) in [6.45, 7) is 4.70. The highest BCUT2D eigenvalue weighted by atomic mass is 16.3. The van der Waals surface area contributed by atoms with Crippen molar-refractivity contribution < 1.29 is 4.42 Å². The Balaban J connectivity index is 1.01. The smallest absolute Gasteiger partial charge is 0.143 e. The number of hydrogen-bond acceptors (Lipinski definition) is 2. The van der Waals surface area contributed by atoms with E-state index >= 15 is 0 Å². The van der Waals surface area contributed by atoms with Crippen LogP contribution in [-0.2, 0) is 5.41 Å². The standard InChI is InChI=1S/C57H39NO/c1-57(2)51-23-10-9-19-50(51)54-43(20-12-24-52(54)57)37-25-30-40(31-26-37)58(53-35-39-14-4-5-15-42(39)46-17-7-8-18-47(46)53)41-32-27-38(28-33-41)45-21-11-22-48-49-34-29-36-13-3-6-16-44(36)56(49)59-55(45)48/h3-35H,1-2H3. The monoisotopic (exact) mass is 753 g/mol. The van der Waals surface area contributed by atoms with Crippen LogP contribution >= 0.6 is 0 Å². The number of hydrogen-bond donors (Lipinski definition) is 0. The molecule has 2 heteroatoms. The van der Waals surface area contributed by atoms with E-state index in [9.17, 15) is 0 Å². The van der Waals surface area contributed by atoms with Crippen molar-refractivity contribution in [2.45, 2.75) is 19.3 Å². The highest BCUT2D eigenvalue weighted by molar-refractivity contribution is 6.17. The number of benzene rings is 10. The Hall–Kier alpha value is -7.42. The van der Waals surface area contributed by atoms with E-state index in [0.29, 0.717) is 0 Å². The molecule has 0 N–H and O–H groups in total. The van der Waals surface area contributed by atoms with Gasteiger partial charge in [-0.05, 0) is 96.9 Å². The molecular formula is C57H39NO. The van der Waals surface area contributed by atoms with Crippen molar-refractivity contribution >= 4 is 71.3 Å². The summed E-state index contributed by atoms with van der Waals surface area (Å²) in [6.07, 6.45) is 0. The molecule has 0 saturated carbocycles. The summed E-state index contributed by atoms with van der Waals surface area (Å²) in [5.41, 5.74) is 15.3. The van der Waals surface area contributed by atoms with Gasteiger partial charge >= 0.3 is 0 Å². The average molecular weight is 754 g/mol. The summed E-state index contributed by atoms with van der Waals surface area (Å²) >= 11 is 0. The predicted molar refractivity (Wildman–Crippen MR) is 249 cm³/mol. The molecule has 0 atom stereocenters. The van der Waals surface area contributed by atoms with E-state index in [0.717, 1.165) is 55.5 Å². The van der Waals surface area contributed by atoms with Crippen LogP contribution in [0.4, 0.5) is 17.1 Å². The quantitative estimate of drug-likeness (QED) is 0.163. The lowest BCUT2D eigenvalue weighted by Crippen LogP contribution is -2.14. The second-order valence-electron chi connectivity index (χ2n) is 16.4. The molecule has 0 radical (unpaired) electrons. The minimum Gasteiger partial charge on any atom is -0.455 e. The summed E-state index contributed by atoms with van der Waals surface area (Å²) in [6, 6.07) is 73.1. The van der Waals surface area contributed by atoms with Crippen LogP contribution in [0.3, 0.4) is 0 Å². The zero-order valence-corrected chi connectivity index (χ0v) is 32.9. The highest BCUT2D eigenvalue weighted by Crippen LogP contribution is 2.52. The maximum absolute atomic E-state index is 6.75. The number of anilines is 3. The van der Waals surface area contributed by atoms with E-state index in [2.05, 4.69) is 219 Å². The average Bonchev–Trinajstić information content (AvgIpc) is 3.80. The molecule has 1 aliphatic rings. The molecule has 1 aliphatic carbocycles. The molecular weight excluding hydrogens is 715 g/mol. The zero-order valence-electron chi connectivity index (χ0n) is 32.9. The van der Waals surface area contributed by atoms with Crippen LogP contribution in [0.15, 0.2) is 205 Å². The molecule has 0 saturated heterocycles. The van der Waals surface area contributed by atoms with Crippen LogP contribution in [0.5, 0.6) is 0 Å². The molecule has 10 aromatic carbocycles. The van der Waals surface area contributed by atoms with Gasteiger partial charge in [0.15, 0.2) is 0 Å². The molecule has 11 aromatic rings. The minimum absolute atomic E-state index is 0.0493. The Morgan fingerprint density at radius 3 is 1.69 bits per heavy atom. The minimum atomic E-state index is -0.0493. The Morgan fingerprint density at radius 2 is 0.915 bits per heavy atom. The third kappa shape index (κ3) is 5.06. The third-order valence-corrected chi connectivity index (χ3v) is 12.9. The topological polar surface area (TPSA) is 16.4 Å². The fourth-order valence-corrected chi connectivity index (χ4v) is 9.98. The van der Waals surface area contributed by atoms with Gasteiger partial charge in [0, 0.05) is 43.9 Å². The number of rotatable bonds is 5. The van der Waals surface area contributed by atoms with E-state index in [-0.39, 0.29) is 5.41 Å². The van der Waals surface area contributed by atoms with Gasteiger partial charge in [-0.2, -0.15) is 0 Å². The second kappa shape index (κ2) is 12.8. The van der Waals surface area contributed by atoms with Gasteiger partial charge in [-0.15, -0.1) is 0 Å². The van der Waals surface area contributed by atoms with Crippen molar-refractivity contribution in [2.75, 3.05) is 4.90 Å². The predicted octanol–water partition coefficient (Wildman–Crippen LogP) is 16.2. The first-order chi connectivity index (χ1) is 29.0. The van der Waals surface area contributed by atoms with E-state index in [1.165, 1.54) is 60.3 Å². The van der Waals surface area contributed by atoms with Crippen LogP contribution in [0.25, 0.3) is 87.6 Å². The molecule has 1 heterocycles. The largest absolute Gasteiger partial charge is 0.455 e. The number of nitrogens with zero attached hydrogens (tertiary/aromatic N) is 1. The fraction of sp³-hybridized carbons (Fsp3) is 0.0526. The zero-order chi connectivity index (χ0) is 39.2. The molecule has 1 aromatic heterocycles. The number of fused-ring (bicyclic) bond motifs is 11. The van der Waals surface area contributed by atoms with Crippen molar-refractivity contribution in [2.24, 2.45) is 0 Å². The van der Waals surface area contributed by atoms with Crippen molar-refractivity contribution in [3.8, 4) is 33.4 Å². The van der Waals surface area contributed by atoms with Gasteiger partial charge in [-0.3, -0.25) is 0 Å². The molecule has 0 spiro atoms. The van der Waals surface area contributed by atoms with Gasteiger partial charge in [0.05, 0.1) is 5.69 Å². The van der Waals surface area contributed by atoms with E-state index in [1.807, 2.05) is 0 Å². The Bertz CT molecular complexity index is 3460. The lowest BCUT2D eigenvalue weighted by Gasteiger charge is -2.28. The first-order valence-corrected chi connectivity index (χ1v) is 20.5. The summed E-state index contributed by atoms with van der Waals surface area (Å²) in [7, 11) is 0. The van der Waals surface area contributed by atoms with E-state index < -0.39 is 0 Å². The molecule has 0 fully saturated rings. The molecule has 0 aliphatic heterocycles. The van der Waals surface area contributed by atoms with Crippen LogP contribution < -0.4 is 4.90 Å². The van der Waals surface area contributed by atoms with Crippen LogP contribution in [0.1, 0.15) is 25.0 Å². The van der Waals surface area contributed by atoms with Crippen molar-refractivity contribution in [3.05, 3.63) is 211 Å². The number of furan rings is 1. The lowest BCUT2D eigenvalue weighted by atomic mass is 9.82. The molecule has 59 heavy (non-hydrogen) atoms. The van der Waals surface area contributed by atoms with Gasteiger partial charge in [-0.25, -0.2) is 0 Å². The van der Waals surface area contributed by atoms with Gasteiger partial charge < -0.3 is 9.32 Å². The SMILES string of the molecule is CC1(C)c2ccccc2-c2c(-c3ccc(N(c4ccc(-c5cccc6c5oc5c7ccccc7ccc65)cc4)c4cc5ccccc5c5ccccc45)cc3)cccc21. The molecule has 278 valence electrons. The normalized spacial score (nSPS) is 13.1. The van der Waals surface area contributed by atoms with Crippen LogP contribution in [0.2, 0.25) is 0 Å². The summed E-state index contributed by atoms with van der Waals surface area (Å²) in [5, 5.41) is 9.51. The number of para-hydroxylation sites is 1. The van der Waals surface area contributed by atoms with Gasteiger partial charge in [-0.1, -0.05) is 178 Å². The van der Waals surface area contributed by atoms with Crippen molar-refractivity contribution in [1.82, 2.24) is 0 Å². The molecule has 0 bridgehead atoms. The second-order valence-corrected chi connectivity index (χ2v) is 16.4. The Morgan fingerprint density at radius 1 is 0.373 bits per heavy atom. The van der Waals surface area contributed by atoms with Gasteiger partial charge in [0.1, 0.15) is 11.2 Å². The summed E-state index contributed by atoms with van der Waals surface area (Å²) in [4.78, 5) is 2.42. The lowest BCUT2D eigenvalue weighted by molar-refractivity contribution is 0.660. The van der Waals surface area contributed by atoms with Crippen molar-refractivity contribution in [1.29, 1.82) is 0 Å². The fourth-order valence-electron chi connectivity index (χ4n) is 9.98. The van der Waals surface area contributed by atoms with Crippen LogP contribution in [0, 0.1) is 0 Å². The molecule has 0 amide bonds. The first-order valence-electron chi connectivity index (χ1n) is 20.5. The van der Waals surface area contributed by atoms with Gasteiger partial charge in [0.25, 0.3) is 0 Å². The van der Waals surface area contributed by atoms with E-state index in [1.54, 1.807) is 0 Å². The highest BCUT2D eigenvalue weighted by Gasteiger charge is 2.36. The van der Waals surface area contributed by atoms with Crippen molar-refractivity contribution in [3.63, 3.8) is 0 Å². The molecule has 12 rings (SSSR count). The summed E-state index contributed by atoms with van der Waals surface area (Å²) < 4.78 is 6.75.